The molecule has 1 fully saturated rings. The van der Waals surface area contributed by atoms with E-state index in [1.54, 1.807) is 6.92 Å². The van der Waals surface area contributed by atoms with Gasteiger partial charge in [-0.1, -0.05) is 33.8 Å². The van der Waals surface area contributed by atoms with Gasteiger partial charge in [-0.15, -0.1) is 0 Å². The van der Waals surface area contributed by atoms with E-state index < -0.39 is 0 Å². The van der Waals surface area contributed by atoms with E-state index in [0.29, 0.717) is 11.5 Å². The van der Waals surface area contributed by atoms with E-state index >= 15 is 0 Å². The number of hydrogen-bond donors (Lipinski definition) is 0. The lowest BCUT2D eigenvalue weighted by Gasteiger charge is -2.55. The summed E-state index contributed by atoms with van der Waals surface area (Å²) < 4.78 is 5.93. The van der Waals surface area contributed by atoms with Gasteiger partial charge in [0.25, 0.3) is 0 Å². The summed E-state index contributed by atoms with van der Waals surface area (Å²) in [5.41, 5.74) is 0.275. The van der Waals surface area contributed by atoms with Gasteiger partial charge in [0.2, 0.25) is 0 Å². The van der Waals surface area contributed by atoms with Gasteiger partial charge in [-0.3, -0.25) is 0 Å². The average Bonchev–Trinajstić information content (AvgIpc) is 2.38. The zero-order valence-corrected chi connectivity index (χ0v) is 13.3. The molecule has 0 aromatic heterocycles. The minimum Gasteiger partial charge on any atom is -0.455 e. The summed E-state index contributed by atoms with van der Waals surface area (Å²) in [6.45, 7) is 14.3. The van der Waals surface area contributed by atoms with Gasteiger partial charge in [0.1, 0.15) is 5.60 Å². The number of hydrogen-bond acceptors (Lipinski definition) is 2. The lowest BCUT2D eigenvalue weighted by Crippen LogP contribution is -2.55. The molecule has 0 heterocycles. The van der Waals surface area contributed by atoms with Crippen molar-refractivity contribution in [1.82, 2.24) is 0 Å². The fraction of sp³-hybridized carbons (Fsp3) is 0.824. The molecule has 0 aliphatic heterocycles. The molecule has 2 heteroatoms. The second kappa shape index (κ2) is 6.11. The molecule has 0 aromatic rings. The molecular weight excluding hydrogens is 236 g/mol. The summed E-state index contributed by atoms with van der Waals surface area (Å²) in [5.74, 6) is 0.421. The summed E-state index contributed by atoms with van der Waals surface area (Å²) in [6, 6.07) is 0. The van der Waals surface area contributed by atoms with E-state index in [9.17, 15) is 4.79 Å². The van der Waals surface area contributed by atoms with Crippen molar-refractivity contribution in [1.29, 1.82) is 0 Å². The monoisotopic (exact) mass is 266 g/mol. The summed E-state index contributed by atoms with van der Waals surface area (Å²) >= 11 is 0. The lowest BCUT2D eigenvalue weighted by atomic mass is 9.54. The van der Waals surface area contributed by atoms with Gasteiger partial charge >= 0.3 is 5.97 Å². The molecule has 0 spiro atoms. The normalized spacial score (nSPS) is 29.8. The van der Waals surface area contributed by atoms with Crippen molar-refractivity contribution in [2.24, 2.45) is 11.3 Å². The van der Waals surface area contributed by atoms with Gasteiger partial charge in [-0.25, -0.2) is 4.79 Å². The van der Waals surface area contributed by atoms with Crippen LogP contribution in [0, 0.1) is 11.3 Å². The van der Waals surface area contributed by atoms with Crippen molar-refractivity contribution in [3.63, 3.8) is 0 Å². The molecule has 1 aliphatic carbocycles. The van der Waals surface area contributed by atoms with Crippen LogP contribution in [0.4, 0.5) is 0 Å². The minimum atomic E-state index is -0.342. The predicted octanol–water partition coefficient (Wildman–Crippen LogP) is 4.88. The molecule has 0 N–H and O–H groups in total. The molecule has 0 radical (unpaired) electrons. The molecule has 2 nitrogen and oxygen atoms in total. The lowest BCUT2D eigenvalue weighted by molar-refractivity contribution is -0.190. The highest BCUT2D eigenvalue weighted by Crippen LogP contribution is 2.55. The molecule has 19 heavy (non-hydrogen) atoms. The summed E-state index contributed by atoms with van der Waals surface area (Å²) in [4.78, 5) is 12.0. The number of esters is 1. The third-order valence-electron chi connectivity index (χ3n) is 5.46. The first-order chi connectivity index (χ1) is 8.86. The van der Waals surface area contributed by atoms with Crippen LogP contribution in [-0.4, -0.2) is 11.6 Å². The van der Waals surface area contributed by atoms with Crippen LogP contribution in [0.15, 0.2) is 12.2 Å². The third kappa shape index (κ3) is 2.73. The van der Waals surface area contributed by atoms with Gasteiger partial charge in [0, 0.05) is 11.0 Å². The van der Waals surface area contributed by atoms with Crippen LogP contribution in [0.2, 0.25) is 0 Å². The van der Waals surface area contributed by atoms with Gasteiger partial charge in [-0.2, -0.15) is 0 Å². The Labute approximate surface area is 118 Å². The summed E-state index contributed by atoms with van der Waals surface area (Å²) in [7, 11) is 0. The first-order valence-electron chi connectivity index (χ1n) is 7.75. The van der Waals surface area contributed by atoms with Crippen molar-refractivity contribution in [2.45, 2.75) is 78.7 Å². The highest BCUT2D eigenvalue weighted by molar-refractivity contribution is 5.87. The minimum absolute atomic E-state index is 0.116. The predicted molar refractivity (Wildman–Crippen MR) is 80.0 cm³/mol. The van der Waals surface area contributed by atoms with Crippen molar-refractivity contribution >= 4 is 5.97 Å². The van der Waals surface area contributed by atoms with E-state index in [4.69, 9.17) is 4.74 Å². The van der Waals surface area contributed by atoms with Crippen molar-refractivity contribution in [3.05, 3.63) is 12.2 Å². The van der Waals surface area contributed by atoms with E-state index in [1.165, 1.54) is 12.8 Å². The molecule has 1 aliphatic rings. The fourth-order valence-corrected chi connectivity index (χ4v) is 4.26. The Bertz CT molecular complexity index is 341. The third-order valence-corrected chi connectivity index (χ3v) is 5.46. The maximum Gasteiger partial charge on any atom is 0.333 e. The average molecular weight is 266 g/mol. The second-order valence-corrected chi connectivity index (χ2v) is 6.26. The molecule has 0 saturated heterocycles. The van der Waals surface area contributed by atoms with E-state index in [-0.39, 0.29) is 17.0 Å². The molecule has 0 bridgehead atoms. The molecule has 2 unspecified atom stereocenters. The molecular formula is C17H30O2. The van der Waals surface area contributed by atoms with E-state index in [2.05, 4.69) is 34.3 Å². The van der Waals surface area contributed by atoms with Crippen LogP contribution in [-0.2, 0) is 9.53 Å². The first kappa shape index (κ1) is 16.3. The van der Waals surface area contributed by atoms with Crippen LogP contribution < -0.4 is 0 Å². The number of carbonyl (C=O) groups excluding carboxylic acids is 1. The van der Waals surface area contributed by atoms with Crippen LogP contribution >= 0.6 is 0 Å². The first-order valence-corrected chi connectivity index (χ1v) is 7.75. The van der Waals surface area contributed by atoms with Gasteiger partial charge in [0.05, 0.1) is 0 Å². The Morgan fingerprint density at radius 2 is 1.89 bits per heavy atom. The zero-order valence-electron chi connectivity index (χ0n) is 13.3. The number of carbonyl (C=O) groups is 1. The van der Waals surface area contributed by atoms with Gasteiger partial charge in [0.15, 0.2) is 0 Å². The Kier molecular flexibility index (Phi) is 5.23. The topological polar surface area (TPSA) is 26.3 Å². The molecule has 1 rings (SSSR count). The van der Waals surface area contributed by atoms with E-state index in [0.717, 1.165) is 25.7 Å². The van der Waals surface area contributed by atoms with Crippen LogP contribution in [0.25, 0.3) is 0 Å². The van der Waals surface area contributed by atoms with Crippen LogP contribution in [0.3, 0.4) is 0 Å². The van der Waals surface area contributed by atoms with Crippen molar-refractivity contribution < 1.29 is 9.53 Å². The van der Waals surface area contributed by atoms with Gasteiger partial charge < -0.3 is 4.74 Å². The molecule has 110 valence electrons. The second-order valence-electron chi connectivity index (χ2n) is 6.26. The fourth-order valence-electron chi connectivity index (χ4n) is 4.26. The highest BCUT2D eigenvalue weighted by atomic mass is 16.6. The maximum absolute atomic E-state index is 12.0. The summed E-state index contributed by atoms with van der Waals surface area (Å²) in [6.07, 6.45) is 6.70. The Balaban J connectivity index is 3.12. The Morgan fingerprint density at radius 3 is 2.32 bits per heavy atom. The van der Waals surface area contributed by atoms with Crippen molar-refractivity contribution in [2.75, 3.05) is 0 Å². The summed E-state index contributed by atoms with van der Waals surface area (Å²) in [5, 5.41) is 0. The van der Waals surface area contributed by atoms with Gasteiger partial charge in [-0.05, 0) is 51.9 Å². The molecule has 1 saturated carbocycles. The smallest absolute Gasteiger partial charge is 0.333 e. The molecule has 0 amide bonds. The van der Waals surface area contributed by atoms with Crippen LogP contribution in [0.1, 0.15) is 73.1 Å². The van der Waals surface area contributed by atoms with Crippen molar-refractivity contribution in [3.8, 4) is 0 Å². The molecule has 0 aromatic carbocycles. The molecule has 2 atom stereocenters. The quantitative estimate of drug-likeness (QED) is 0.523. The largest absolute Gasteiger partial charge is 0.455 e. The Morgan fingerprint density at radius 1 is 1.32 bits per heavy atom. The SMILES string of the molecule is C=C(C)C(=O)OC1(C)CCCC(CC)C1(CC)CC. The highest BCUT2D eigenvalue weighted by Gasteiger charge is 2.54. The number of rotatable bonds is 5. The zero-order chi connectivity index (χ0) is 14.7. The maximum atomic E-state index is 12.0. The van der Waals surface area contributed by atoms with E-state index in [1.807, 2.05) is 0 Å². The van der Waals surface area contributed by atoms with Crippen LogP contribution in [0.5, 0.6) is 0 Å². The Hall–Kier alpha value is -0.790. The standard InChI is InChI=1S/C17H30O2/c1-7-14-11-10-12-16(6,17(14,8-2)9-3)19-15(18)13(4)5/h14H,4,7-12H2,1-3,5-6H3. The number of ether oxygens (including phenoxy) is 1.